The van der Waals surface area contributed by atoms with Crippen molar-refractivity contribution >= 4 is 33.3 Å². The van der Waals surface area contributed by atoms with Crippen LogP contribution in [0.1, 0.15) is 17.3 Å². The highest BCUT2D eigenvalue weighted by molar-refractivity contribution is 7.92. The standard InChI is InChI=1S/C21H18N2O6S/c1-13(24)22-19-12-16(8-10-20(19)25)30(28,29)23-18-9-7-15(11-17(18)21(26)27)14-5-3-2-4-6-14/h2-12,23,25H,1H3,(H,22,24)(H,26,27). The lowest BCUT2D eigenvalue weighted by Crippen LogP contribution is -2.16. The fraction of sp³-hybridized carbons (Fsp3) is 0.0476. The molecule has 0 saturated heterocycles. The highest BCUT2D eigenvalue weighted by Gasteiger charge is 2.21. The molecule has 0 unspecified atom stereocenters. The first-order valence-corrected chi connectivity index (χ1v) is 10.2. The molecule has 0 heterocycles. The topological polar surface area (TPSA) is 133 Å². The van der Waals surface area contributed by atoms with Crippen molar-refractivity contribution in [2.75, 3.05) is 10.0 Å². The molecule has 0 aliphatic heterocycles. The summed E-state index contributed by atoms with van der Waals surface area (Å²) < 4.78 is 27.8. The van der Waals surface area contributed by atoms with Crippen molar-refractivity contribution in [2.45, 2.75) is 11.8 Å². The quantitative estimate of drug-likeness (QED) is 0.446. The molecule has 8 nitrogen and oxygen atoms in total. The Bertz CT molecular complexity index is 1220. The predicted octanol–water partition coefficient (Wildman–Crippen LogP) is 3.52. The van der Waals surface area contributed by atoms with Crippen molar-refractivity contribution in [3.63, 3.8) is 0 Å². The van der Waals surface area contributed by atoms with Gasteiger partial charge in [-0.15, -0.1) is 0 Å². The Morgan fingerprint density at radius 1 is 0.867 bits per heavy atom. The van der Waals surface area contributed by atoms with E-state index in [1.807, 2.05) is 30.3 Å². The van der Waals surface area contributed by atoms with Crippen LogP contribution in [0.3, 0.4) is 0 Å². The molecule has 1 amide bonds. The molecule has 9 heteroatoms. The first-order valence-electron chi connectivity index (χ1n) is 8.73. The maximum Gasteiger partial charge on any atom is 0.337 e. The average Bonchev–Trinajstić information content (AvgIpc) is 2.69. The van der Waals surface area contributed by atoms with Crippen LogP contribution < -0.4 is 10.0 Å². The molecule has 0 aliphatic carbocycles. The summed E-state index contributed by atoms with van der Waals surface area (Å²) in [5.74, 6) is -2.09. The van der Waals surface area contributed by atoms with E-state index < -0.39 is 21.9 Å². The van der Waals surface area contributed by atoms with Gasteiger partial charge in [0, 0.05) is 6.92 Å². The second-order valence-corrected chi connectivity index (χ2v) is 8.08. The number of carboxylic acid groups (broad SMARTS) is 1. The highest BCUT2D eigenvalue weighted by atomic mass is 32.2. The third-order valence-corrected chi connectivity index (χ3v) is 5.55. The van der Waals surface area contributed by atoms with E-state index in [9.17, 15) is 28.2 Å². The largest absolute Gasteiger partial charge is 0.506 e. The van der Waals surface area contributed by atoms with Gasteiger partial charge in [0.25, 0.3) is 10.0 Å². The average molecular weight is 426 g/mol. The Labute approximate surface area is 172 Å². The van der Waals surface area contributed by atoms with Gasteiger partial charge in [0.2, 0.25) is 5.91 Å². The van der Waals surface area contributed by atoms with Crippen LogP contribution in [0.5, 0.6) is 5.75 Å². The van der Waals surface area contributed by atoms with E-state index in [1.54, 1.807) is 6.07 Å². The molecule has 154 valence electrons. The minimum absolute atomic E-state index is 0.0803. The maximum atomic E-state index is 12.8. The number of hydrogen-bond acceptors (Lipinski definition) is 5. The number of sulfonamides is 1. The molecular weight excluding hydrogens is 408 g/mol. The second-order valence-electron chi connectivity index (χ2n) is 6.40. The Morgan fingerprint density at radius 2 is 1.57 bits per heavy atom. The number of aromatic carboxylic acids is 1. The summed E-state index contributed by atoms with van der Waals surface area (Å²) in [6, 6.07) is 16.8. The zero-order valence-corrected chi connectivity index (χ0v) is 16.6. The van der Waals surface area contributed by atoms with Crippen LogP contribution in [0.2, 0.25) is 0 Å². The number of amides is 1. The molecule has 0 fully saturated rings. The van der Waals surface area contributed by atoms with Gasteiger partial charge in [-0.2, -0.15) is 0 Å². The first-order chi connectivity index (χ1) is 14.2. The van der Waals surface area contributed by atoms with Gasteiger partial charge in [0.05, 0.1) is 21.8 Å². The van der Waals surface area contributed by atoms with Gasteiger partial charge in [0.15, 0.2) is 0 Å². The summed E-state index contributed by atoms with van der Waals surface area (Å²) in [6.45, 7) is 1.21. The van der Waals surface area contributed by atoms with Crippen LogP contribution in [0.4, 0.5) is 11.4 Å². The second kappa shape index (κ2) is 8.26. The Kier molecular flexibility index (Phi) is 5.74. The van der Waals surface area contributed by atoms with Gasteiger partial charge in [-0.05, 0) is 41.5 Å². The number of carboxylic acids is 1. The van der Waals surface area contributed by atoms with Crippen LogP contribution in [-0.2, 0) is 14.8 Å². The molecule has 3 rings (SSSR count). The van der Waals surface area contributed by atoms with Crippen molar-refractivity contribution in [2.24, 2.45) is 0 Å². The summed E-state index contributed by atoms with van der Waals surface area (Å²) in [5, 5.41) is 21.7. The highest BCUT2D eigenvalue weighted by Crippen LogP contribution is 2.30. The van der Waals surface area contributed by atoms with Crippen molar-refractivity contribution in [1.29, 1.82) is 0 Å². The molecule has 0 spiro atoms. The summed E-state index contributed by atoms with van der Waals surface area (Å²) in [7, 11) is -4.20. The van der Waals surface area contributed by atoms with Crippen molar-refractivity contribution in [1.82, 2.24) is 0 Å². The molecular formula is C21H18N2O6S. The monoisotopic (exact) mass is 426 g/mol. The third kappa shape index (κ3) is 4.58. The molecule has 0 saturated carbocycles. The van der Waals surface area contributed by atoms with E-state index >= 15 is 0 Å². The van der Waals surface area contributed by atoms with E-state index in [1.165, 1.54) is 19.1 Å². The van der Waals surface area contributed by atoms with E-state index in [0.717, 1.165) is 23.8 Å². The van der Waals surface area contributed by atoms with Gasteiger partial charge in [-0.25, -0.2) is 13.2 Å². The lowest BCUT2D eigenvalue weighted by atomic mass is 10.0. The summed E-state index contributed by atoms with van der Waals surface area (Å²) >= 11 is 0. The summed E-state index contributed by atoms with van der Waals surface area (Å²) in [4.78, 5) is 22.7. The van der Waals surface area contributed by atoms with Gasteiger partial charge >= 0.3 is 5.97 Å². The van der Waals surface area contributed by atoms with Crippen LogP contribution in [-0.4, -0.2) is 30.5 Å². The number of anilines is 2. The van der Waals surface area contributed by atoms with Crippen LogP contribution in [0.15, 0.2) is 71.6 Å². The minimum Gasteiger partial charge on any atom is -0.506 e. The van der Waals surface area contributed by atoms with Crippen LogP contribution in [0.25, 0.3) is 11.1 Å². The third-order valence-electron chi connectivity index (χ3n) is 4.19. The Balaban J connectivity index is 1.99. The molecule has 0 atom stereocenters. The number of aromatic hydroxyl groups is 1. The van der Waals surface area contributed by atoms with Crippen molar-refractivity contribution in [3.8, 4) is 16.9 Å². The predicted molar refractivity (Wildman–Crippen MR) is 112 cm³/mol. The molecule has 0 aromatic heterocycles. The zero-order chi connectivity index (χ0) is 21.9. The Hall–Kier alpha value is -3.85. The number of phenols is 1. The zero-order valence-electron chi connectivity index (χ0n) is 15.8. The summed E-state index contributed by atoms with van der Waals surface area (Å²) in [5.41, 5.74) is 0.988. The molecule has 0 bridgehead atoms. The molecule has 0 radical (unpaired) electrons. The van der Waals surface area contributed by atoms with Gasteiger partial charge < -0.3 is 15.5 Å². The fourth-order valence-corrected chi connectivity index (χ4v) is 3.90. The van der Waals surface area contributed by atoms with Crippen molar-refractivity contribution in [3.05, 3.63) is 72.3 Å². The number of hydrogen-bond donors (Lipinski definition) is 4. The number of carbonyl (C=O) groups excluding carboxylic acids is 1. The lowest BCUT2D eigenvalue weighted by Gasteiger charge is -2.13. The normalized spacial score (nSPS) is 11.0. The SMILES string of the molecule is CC(=O)Nc1cc(S(=O)(=O)Nc2ccc(-c3ccccc3)cc2C(=O)O)ccc1O. The van der Waals surface area contributed by atoms with Gasteiger partial charge in [-0.3, -0.25) is 9.52 Å². The smallest absolute Gasteiger partial charge is 0.337 e. The number of phenolic OH excluding ortho intramolecular Hbond substituents is 1. The number of benzene rings is 3. The first kappa shape index (κ1) is 20.9. The van der Waals surface area contributed by atoms with E-state index in [2.05, 4.69) is 10.0 Å². The van der Waals surface area contributed by atoms with E-state index in [0.29, 0.717) is 5.56 Å². The minimum atomic E-state index is -4.20. The van der Waals surface area contributed by atoms with E-state index in [4.69, 9.17) is 0 Å². The number of nitrogens with one attached hydrogen (secondary N) is 2. The Morgan fingerprint density at radius 3 is 2.20 bits per heavy atom. The molecule has 4 N–H and O–H groups in total. The molecule has 3 aromatic rings. The van der Waals surface area contributed by atoms with Crippen molar-refractivity contribution < 1.29 is 28.2 Å². The lowest BCUT2D eigenvalue weighted by molar-refractivity contribution is -0.114. The van der Waals surface area contributed by atoms with Crippen LogP contribution >= 0.6 is 0 Å². The van der Waals surface area contributed by atoms with Crippen LogP contribution in [0, 0.1) is 0 Å². The number of rotatable bonds is 6. The van der Waals surface area contributed by atoms with Gasteiger partial charge in [-0.1, -0.05) is 36.4 Å². The maximum absolute atomic E-state index is 12.8. The molecule has 30 heavy (non-hydrogen) atoms. The summed E-state index contributed by atoms with van der Waals surface area (Å²) in [6.07, 6.45) is 0. The van der Waals surface area contributed by atoms with E-state index in [-0.39, 0.29) is 27.6 Å². The molecule has 3 aromatic carbocycles. The molecule has 0 aliphatic rings. The fourth-order valence-electron chi connectivity index (χ4n) is 2.80. The number of carbonyl (C=O) groups is 2. The van der Waals surface area contributed by atoms with Gasteiger partial charge in [0.1, 0.15) is 5.75 Å².